The van der Waals surface area contributed by atoms with Crippen LogP contribution in [0.5, 0.6) is 0 Å². The van der Waals surface area contributed by atoms with E-state index < -0.39 is 59.0 Å². The highest BCUT2D eigenvalue weighted by Gasteiger charge is 2.47. The van der Waals surface area contributed by atoms with Gasteiger partial charge < -0.3 is 14.2 Å². The van der Waals surface area contributed by atoms with Crippen molar-refractivity contribution in [1.82, 2.24) is 4.98 Å². The maximum Gasteiger partial charge on any atom is 0.434 e. The number of halogens is 6. The van der Waals surface area contributed by atoms with E-state index in [2.05, 4.69) is 19.2 Å². The van der Waals surface area contributed by atoms with E-state index in [-0.39, 0.29) is 13.2 Å². The van der Waals surface area contributed by atoms with Crippen molar-refractivity contribution in [3.05, 3.63) is 28.1 Å². The summed E-state index contributed by atoms with van der Waals surface area (Å²) in [4.78, 5) is 26.7. The van der Waals surface area contributed by atoms with Crippen LogP contribution in [0.25, 0.3) is 0 Å². The fraction of sp³-hybridized carbons (Fsp3) is 0.533. The third kappa shape index (κ3) is 5.08. The highest BCUT2D eigenvalue weighted by atomic mass is 19.4. The van der Waals surface area contributed by atoms with E-state index in [1.165, 1.54) is 13.8 Å². The number of pyridine rings is 1. The van der Waals surface area contributed by atoms with E-state index in [0.717, 1.165) is 7.11 Å². The van der Waals surface area contributed by atoms with E-state index >= 15 is 0 Å². The Morgan fingerprint density at radius 1 is 0.852 bits per heavy atom. The van der Waals surface area contributed by atoms with Crippen LogP contribution in [-0.4, -0.2) is 37.2 Å². The number of methoxy groups -OCH3 is 1. The van der Waals surface area contributed by atoms with Gasteiger partial charge in [0, 0.05) is 12.7 Å². The fourth-order valence-electron chi connectivity index (χ4n) is 2.18. The zero-order chi connectivity index (χ0) is 21.0. The molecular weight excluding hydrogens is 388 g/mol. The van der Waals surface area contributed by atoms with Crippen molar-refractivity contribution >= 4 is 11.9 Å². The molecule has 1 aromatic heterocycles. The molecule has 0 spiro atoms. The lowest BCUT2D eigenvalue weighted by Crippen LogP contribution is -2.28. The van der Waals surface area contributed by atoms with Crippen LogP contribution in [0.1, 0.15) is 51.5 Å². The molecule has 0 atom stereocenters. The third-order valence-electron chi connectivity index (χ3n) is 3.09. The molecule has 1 aromatic rings. The predicted molar refractivity (Wildman–Crippen MR) is 76.9 cm³/mol. The first kappa shape index (κ1) is 22.7. The Labute approximate surface area is 149 Å². The molecule has 0 aliphatic carbocycles. The van der Waals surface area contributed by atoms with Gasteiger partial charge in [-0.2, -0.15) is 26.3 Å². The monoisotopic (exact) mass is 403 g/mol. The van der Waals surface area contributed by atoms with Gasteiger partial charge in [-0.1, -0.05) is 0 Å². The molecule has 0 aliphatic heterocycles. The molecule has 27 heavy (non-hydrogen) atoms. The van der Waals surface area contributed by atoms with Gasteiger partial charge in [-0.3, -0.25) is 0 Å². The summed E-state index contributed by atoms with van der Waals surface area (Å²) in [6.45, 7) is 0.920. The van der Waals surface area contributed by atoms with Crippen LogP contribution in [0.3, 0.4) is 0 Å². The van der Waals surface area contributed by atoms with Crippen molar-refractivity contribution < 1.29 is 50.1 Å². The molecule has 0 amide bonds. The van der Waals surface area contributed by atoms with Crippen LogP contribution >= 0.6 is 0 Å². The van der Waals surface area contributed by atoms with Gasteiger partial charge in [0.25, 0.3) is 0 Å². The first-order valence-electron chi connectivity index (χ1n) is 7.44. The number of carbonyl (C=O) groups excluding carboxylic acids is 2. The van der Waals surface area contributed by atoms with Crippen molar-refractivity contribution in [3.8, 4) is 0 Å². The minimum Gasteiger partial charge on any atom is -0.462 e. The number of carbonyl (C=O) groups is 2. The Bertz CT molecular complexity index is 660. The summed E-state index contributed by atoms with van der Waals surface area (Å²) in [7, 11) is 0.963. The lowest BCUT2D eigenvalue weighted by Gasteiger charge is -2.21. The molecule has 0 N–H and O–H groups in total. The Balaban J connectivity index is 4.06. The number of hydrogen-bond acceptors (Lipinski definition) is 6. The number of hydrogen-bond donors (Lipinski definition) is 0. The first-order chi connectivity index (χ1) is 12.4. The molecule has 1 heterocycles. The molecule has 0 aliphatic rings. The summed E-state index contributed by atoms with van der Waals surface area (Å²) in [5.74, 6) is -3.19. The molecule has 0 radical (unpaired) electrons. The largest absolute Gasteiger partial charge is 0.462 e. The number of aromatic nitrogens is 1. The molecule has 0 aromatic carbocycles. The summed E-state index contributed by atoms with van der Waals surface area (Å²) in [5, 5.41) is 0. The van der Waals surface area contributed by atoms with Crippen LogP contribution < -0.4 is 0 Å². The SMILES string of the molecule is CCOC(=O)c1c(C(F)(F)F)nc(C(F)(F)F)c(C(=O)OCC)c1COC. The van der Waals surface area contributed by atoms with Crippen LogP contribution in [0.15, 0.2) is 0 Å². The summed E-state index contributed by atoms with van der Waals surface area (Å²) in [6, 6.07) is 0. The van der Waals surface area contributed by atoms with E-state index in [4.69, 9.17) is 0 Å². The molecule has 0 unspecified atom stereocenters. The number of esters is 2. The summed E-state index contributed by atoms with van der Waals surface area (Å²) >= 11 is 0. The topological polar surface area (TPSA) is 74.7 Å². The highest BCUT2D eigenvalue weighted by molar-refractivity contribution is 5.99. The molecule has 0 fully saturated rings. The van der Waals surface area contributed by atoms with Crippen molar-refractivity contribution in [2.75, 3.05) is 20.3 Å². The molecule has 0 bridgehead atoms. The van der Waals surface area contributed by atoms with Crippen LogP contribution in [-0.2, 0) is 33.2 Å². The average Bonchev–Trinajstić information content (AvgIpc) is 2.52. The molecule has 0 saturated heterocycles. The van der Waals surface area contributed by atoms with Gasteiger partial charge in [-0.05, 0) is 13.8 Å². The zero-order valence-corrected chi connectivity index (χ0v) is 14.4. The van der Waals surface area contributed by atoms with Crippen molar-refractivity contribution in [3.63, 3.8) is 0 Å². The van der Waals surface area contributed by atoms with Gasteiger partial charge in [-0.15, -0.1) is 0 Å². The Hall–Kier alpha value is -2.37. The maximum atomic E-state index is 13.3. The van der Waals surface area contributed by atoms with E-state index in [1.807, 2.05) is 0 Å². The molecule has 1 rings (SSSR count). The number of alkyl halides is 6. The predicted octanol–water partition coefficient (Wildman–Crippen LogP) is 3.62. The Morgan fingerprint density at radius 3 is 1.48 bits per heavy atom. The highest BCUT2D eigenvalue weighted by Crippen LogP contribution is 2.40. The molecular formula is C15H15F6NO5. The van der Waals surface area contributed by atoms with E-state index in [9.17, 15) is 35.9 Å². The first-order valence-corrected chi connectivity index (χ1v) is 7.44. The zero-order valence-electron chi connectivity index (χ0n) is 14.4. The van der Waals surface area contributed by atoms with E-state index in [1.54, 1.807) is 0 Å². The maximum absolute atomic E-state index is 13.3. The summed E-state index contributed by atoms with van der Waals surface area (Å²) in [5.41, 5.74) is -7.89. The molecule has 0 saturated carbocycles. The van der Waals surface area contributed by atoms with Crippen LogP contribution in [0.2, 0.25) is 0 Å². The van der Waals surface area contributed by atoms with Crippen LogP contribution in [0, 0.1) is 0 Å². The second-order valence-corrected chi connectivity index (χ2v) is 4.91. The van der Waals surface area contributed by atoms with Gasteiger partial charge in [0.05, 0.1) is 30.9 Å². The molecule has 152 valence electrons. The third-order valence-corrected chi connectivity index (χ3v) is 3.09. The van der Waals surface area contributed by atoms with Gasteiger partial charge in [-0.25, -0.2) is 14.6 Å². The average molecular weight is 403 g/mol. The van der Waals surface area contributed by atoms with Crippen molar-refractivity contribution in [1.29, 1.82) is 0 Å². The van der Waals surface area contributed by atoms with Gasteiger partial charge in [0.2, 0.25) is 0 Å². The fourth-order valence-corrected chi connectivity index (χ4v) is 2.18. The number of ether oxygens (including phenoxy) is 3. The Morgan fingerprint density at radius 2 is 1.22 bits per heavy atom. The molecule has 6 nitrogen and oxygen atoms in total. The second-order valence-electron chi connectivity index (χ2n) is 4.91. The van der Waals surface area contributed by atoms with Gasteiger partial charge >= 0.3 is 24.3 Å². The minimum absolute atomic E-state index is 0.363. The van der Waals surface area contributed by atoms with Crippen LogP contribution in [0.4, 0.5) is 26.3 Å². The molecule has 12 heteroatoms. The quantitative estimate of drug-likeness (QED) is 0.534. The van der Waals surface area contributed by atoms with Gasteiger partial charge in [0.1, 0.15) is 0 Å². The lowest BCUT2D eigenvalue weighted by molar-refractivity contribution is -0.151. The van der Waals surface area contributed by atoms with Gasteiger partial charge in [0.15, 0.2) is 11.4 Å². The second kappa shape index (κ2) is 8.55. The summed E-state index contributed by atoms with van der Waals surface area (Å²) < 4.78 is 93.6. The van der Waals surface area contributed by atoms with Crippen molar-refractivity contribution in [2.24, 2.45) is 0 Å². The standard InChI is InChI=1S/C15H15F6NO5/c1-4-26-12(23)8-7(6-25-3)9(13(24)27-5-2)11(15(19,20)21)22-10(8)14(16,17)18/h4-6H2,1-3H3. The lowest BCUT2D eigenvalue weighted by atomic mass is 9.97. The minimum atomic E-state index is -5.43. The van der Waals surface area contributed by atoms with E-state index in [0.29, 0.717) is 0 Å². The smallest absolute Gasteiger partial charge is 0.434 e. The van der Waals surface area contributed by atoms with Crippen molar-refractivity contribution in [2.45, 2.75) is 32.8 Å². The Kier molecular flexibility index (Phi) is 7.18. The summed E-state index contributed by atoms with van der Waals surface area (Å²) in [6.07, 6.45) is -10.9. The normalized spacial score (nSPS) is 12.0. The number of nitrogens with zero attached hydrogens (tertiary/aromatic N) is 1. The number of rotatable bonds is 6.